The minimum atomic E-state index is -0.956. The molecule has 0 amide bonds. The first-order valence-electron chi connectivity index (χ1n) is 9.12. The second kappa shape index (κ2) is 14.2. The molecular weight excluding hydrogens is 391 g/mol. The van der Waals surface area contributed by atoms with Crippen LogP contribution in [-0.4, -0.2) is 36.6 Å². The molecule has 0 aliphatic carbocycles. The Hall–Kier alpha value is -2.79. The summed E-state index contributed by atoms with van der Waals surface area (Å²) in [7, 11) is 3.18. The Morgan fingerprint density at radius 3 is 2.03 bits per heavy atom. The summed E-state index contributed by atoms with van der Waals surface area (Å²) in [6.45, 7) is 7.38. The lowest BCUT2D eigenvalue weighted by molar-refractivity contribution is -0.129. The van der Waals surface area contributed by atoms with E-state index in [-0.39, 0.29) is 11.5 Å². The molecule has 0 saturated heterocycles. The van der Waals surface area contributed by atoms with E-state index in [9.17, 15) is 9.18 Å². The molecule has 0 aromatic heterocycles. The SMILES string of the molecule is CC.CN=C(/C=C(\C)c1cccc(F)c1)c1cccc(Cl)c1.CN=C(C)C(=O)O. The average molecular weight is 419 g/mol. The van der Waals surface area contributed by atoms with Crippen molar-refractivity contribution in [3.05, 3.63) is 76.6 Å². The van der Waals surface area contributed by atoms with E-state index in [0.29, 0.717) is 5.02 Å². The highest BCUT2D eigenvalue weighted by Crippen LogP contribution is 2.18. The fraction of sp³-hybridized carbons (Fsp3) is 0.261. The number of halogens is 2. The molecule has 0 unspecified atom stereocenters. The minimum absolute atomic E-state index is 0.139. The van der Waals surface area contributed by atoms with Gasteiger partial charge in [-0.3, -0.25) is 9.98 Å². The third-order valence-corrected chi connectivity index (χ3v) is 3.87. The zero-order chi connectivity index (χ0) is 22.4. The van der Waals surface area contributed by atoms with Gasteiger partial charge in [-0.25, -0.2) is 9.18 Å². The van der Waals surface area contributed by atoms with Crippen molar-refractivity contribution in [3.63, 3.8) is 0 Å². The monoisotopic (exact) mass is 418 g/mol. The van der Waals surface area contributed by atoms with Crippen LogP contribution >= 0.6 is 11.6 Å². The third kappa shape index (κ3) is 9.81. The van der Waals surface area contributed by atoms with Gasteiger partial charge in [-0.1, -0.05) is 49.7 Å². The van der Waals surface area contributed by atoms with Crippen LogP contribution < -0.4 is 0 Å². The number of carbonyl (C=O) groups is 1. The number of carboxylic acid groups (broad SMARTS) is 1. The van der Waals surface area contributed by atoms with E-state index in [1.165, 1.54) is 26.1 Å². The average Bonchev–Trinajstić information content (AvgIpc) is 2.73. The van der Waals surface area contributed by atoms with Crippen LogP contribution in [0, 0.1) is 5.82 Å². The Morgan fingerprint density at radius 2 is 1.59 bits per heavy atom. The summed E-state index contributed by atoms with van der Waals surface area (Å²) in [5.41, 5.74) is 3.68. The van der Waals surface area contributed by atoms with Gasteiger partial charge in [-0.05, 0) is 55.3 Å². The van der Waals surface area contributed by atoms with Crippen molar-refractivity contribution in [3.8, 4) is 0 Å². The number of benzene rings is 2. The molecule has 0 aliphatic heterocycles. The summed E-state index contributed by atoms with van der Waals surface area (Å²) in [5.74, 6) is -1.20. The summed E-state index contributed by atoms with van der Waals surface area (Å²) in [5, 5.41) is 8.72. The summed E-state index contributed by atoms with van der Waals surface area (Å²) in [4.78, 5) is 17.5. The Bertz CT molecular complexity index is 890. The quantitative estimate of drug-likeness (QED) is 0.601. The Morgan fingerprint density at radius 1 is 1.00 bits per heavy atom. The number of hydrogen-bond acceptors (Lipinski definition) is 3. The third-order valence-electron chi connectivity index (χ3n) is 3.64. The van der Waals surface area contributed by atoms with Crippen LogP contribution in [0.1, 0.15) is 38.8 Å². The Labute approximate surface area is 177 Å². The number of rotatable bonds is 4. The Kier molecular flexibility index (Phi) is 12.9. The van der Waals surface area contributed by atoms with Crippen molar-refractivity contribution in [2.24, 2.45) is 9.98 Å². The predicted molar refractivity (Wildman–Crippen MR) is 122 cm³/mol. The van der Waals surface area contributed by atoms with Crippen molar-refractivity contribution >= 4 is 34.6 Å². The normalized spacial score (nSPS) is 11.7. The number of carboxylic acids is 1. The fourth-order valence-corrected chi connectivity index (χ4v) is 2.23. The zero-order valence-electron chi connectivity index (χ0n) is 17.7. The van der Waals surface area contributed by atoms with Crippen molar-refractivity contribution in [1.29, 1.82) is 0 Å². The standard InChI is InChI=1S/C17H15ClFN.C4H7NO2.C2H6/c1-12(13-5-4-8-16(19)11-13)9-17(20-2)14-6-3-7-15(18)10-14;1-3(5-2)4(6)7;1-2/h3-11H,1-2H3;1-2H3,(H,6,7);1-2H3/b12-9+,20-17?;;. The lowest BCUT2D eigenvalue weighted by Gasteiger charge is -2.05. The van der Waals surface area contributed by atoms with E-state index in [1.54, 1.807) is 13.1 Å². The second-order valence-corrected chi connectivity index (χ2v) is 6.01. The van der Waals surface area contributed by atoms with Crippen molar-refractivity contribution in [1.82, 2.24) is 0 Å². The van der Waals surface area contributed by atoms with Gasteiger partial charge in [0.25, 0.3) is 0 Å². The number of aliphatic carboxylic acids is 1. The van der Waals surface area contributed by atoms with E-state index in [2.05, 4.69) is 9.98 Å². The smallest absolute Gasteiger partial charge is 0.349 e. The molecule has 0 heterocycles. The maximum Gasteiger partial charge on any atom is 0.349 e. The molecule has 156 valence electrons. The lowest BCUT2D eigenvalue weighted by atomic mass is 10.0. The van der Waals surface area contributed by atoms with Gasteiger partial charge >= 0.3 is 5.97 Å². The van der Waals surface area contributed by atoms with Crippen LogP contribution in [0.5, 0.6) is 0 Å². The number of allylic oxidation sites excluding steroid dienone is 2. The number of nitrogens with zero attached hydrogens (tertiary/aromatic N) is 2. The van der Waals surface area contributed by atoms with Gasteiger partial charge in [0.1, 0.15) is 11.5 Å². The summed E-state index contributed by atoms with van der Waals surface area (Å²) in [6, 6.07) is 14.0. The molecule has 2 aromatic rings. The molecule has 0 atom stereocenters. The second-order valence-electron chi connectivity index (χ2n) is 5.57. The van der Waals surface area contributed by atoms with Crippen LogP contribution in [0.15, 0.2) is 64.6 Å². The van der Waals surface area contributed by atoms with Gasteiger partial charge in [0, 0.05) is 24.7 Å². The molecule has 0 bridgehead atoms. The van der Waals surface area contributed by atoms with Gasteiger partial charge in [-0.15, -0.1) is 0 Å². The lowest BCUT2D eigenvalue weighted by Crippen LogP contribution is -2.06. The van der Waals surface area contributed by atoms with Crippen LogP contribution in [0.25, 0.3) is 5.57 Å². The van der Waals surface area contributed by atoms with Gasteiger partial charge < -0.3 is 5.11 Å². The molecule has 0 radical (unpaired) electrons. The topological polar surface area (TPSA) is 62.0 Å². The zero-order valence-corrected chi connectivity index (χ0v) is 18.5. The molecule has 29 heavy (non-hydrogen) atoms. The molecule has 0 saturated carbocycles. The maximum atomic E-state index is 13.2. The van der Waals surface area contributed by atoms with E-state index in [4.69, 9.17) is 16.7 Å². The molecule has 0 spiro atoms. The van der Waals surface area contributed by atoms with Crippen molar-refractivity contribution < 1.29 is 14.3 Å². The van der Waals surface area contributed by atoms with Gasteiger partial charge in [0.15, 0.2) is 0 Å². The minimum Gasteiger partial charge on any atom is -0.477 e. The first-order chi connectivity index (χ1) is 13.8. The first kappa shape index (κ1) is 26.2. The van der Waals surface area contributed by atoms with Crippen LogP contribution in [0.4, 0.5) is 4.39 Å². The van der Waals surface area contributed by atoms with Gasteiger partial charge in [0.05, 0.1) is 5.71 Å². The summed E-state index contributed by atoms with van der Waals surface area (Å²) < 4.78 is 13.2. The molecule has 6 heteroatoms. The van der Waals surface area contributed by atoms with E-state index >= 15 is 0 Å². The van der Waals surface area contributed by atoms with E-state index in [1.807, 2.05) is 57.2 Å². The van der Waals surface area contributed by atoms with Crippen LogP contribution in [0.3, 0.4) is 0 Å². The number of aliphatic imine (C=N–C) groups is 2. The van der Waals surface area contributed by atoms with Gasteiger partial charge in [0.2, 0.25) is 0 Å². The maximum absolute atomic E-state index is 13.2. The molecule has 4 nitrogen and oxygen atoms in total. The number of hydrogen-bond donors (Lipinski definition) is 1. The highest BCUT2D eigenvalue weighted by molar-refractivity contribution is 6.34. The fourth-order valence-electron chi connectivity index (χ4n) is 2.04. The predicted octanol–water partition coefficient (Wildman–Crippen LogP) is 6.19. The van der Waals surface area contributed by atoms with E-state index in [0.717, 1.165) is 22.4 Å². The highest BCUT2D eigenvalue weighted by atomic mass is 35.5. The largest absolute Gasteiger partial charge is 0.477 e. The Balaban J connectivity index is 0.000000740. The van der Waals surface area contributed by atoms with Crippen molar-refractivity contribution in [2.75, 3.05) is 14.1 Å². The highest BCUT2D eigenvalue weighted by Gasteiger charge is 2.03. The van der Waals surface area contributed by atoms with Gasteiger partial charge in [-0.2, -0.15) is 0 Å². The van der Waals surface area contributed by atoms with Crippen LogP contribution in [0.2, 0.25) is 5.02 Å². The molecule has 2 rings (SSSR count). The molecular formula is C23H28ClFN2O2. The molecule has 0 aliphatic rings. The van der Waals surface area contributed by atoms with E-state index < -0.39 is 5.97 Å². The molecule has 2 aromatic carbocycles. The molecule has 0 fully saturated rings. The molecule has 1 N–H and O–H groups in total. The first-order valence-corrected chi connectivity index (χ1v) is 9.50. The van der Waals surface area contributed by atoms with Crippen molar-refractivity contribution in [2.45, 2.75) is 27.7 Å². The summed E-state index contributed by atoms with van der Waals surface area (Å²) >= 11 is 5.99. The summed E-state index contributed by atoms with van der Waals surface area (Å²) in [6.07, 6.45) is 1.93. The van der Waals surface area contributed by atoms with Crippen LogP contribution in [-0.2, 0) is 4.79 Å².